The van der Waals surface area contributed by atoms with Crippen molar-refractivity contribution in [1.82, 2.24) is 4.72 Å². The minimum atomic E-state index is -3.91. The lowest BCUT2D eigenvalue weighted by atomic mass is 10.00. The Balaban J connectivity index is 1.99. The second-order valence-electron chi connectivity index (χ2n) is 6.87. The summed E-state index contributed by atoms with van der Waals surface area (Å²) in [6, 6.07) is 22.7. The van der Waals surface area contributed by atoms with E-state index in [1.807, 2.05) is 67.6 Å². The van der Waals surface area contributed by atoms with E-state index in [0.717, 1.165) is 11.1 Å². The molecule has 0 fully saturated rings. The highest BCUT2D eigenvalue weighted by Crippen LogP contribution is 2.30. The predicted molar refractivity (Wildman–Crippen MR) is 122 cm³/mol. The Labute approximate surface area is 183 Å². The van der Waals surface area contributed by atoms with Crippen LogP contribution in [0.15, 0.2) is 83.8 Å². The Hall–Kier alpha value is -3.16. The molecule has 0 aliphatic heterocycles. The summed E-state index contributed by atoms with van der Waals surface area (Å²) in [4.78, 5) is 12.0. The third-order valence-corrected chi connectivity index (χ3v) is 6.12. The fraction of sp³-hybridized carbons (Fsp3) is 0.208. The van der Waals surface area contributed by atoms with E-state index >= 15 is 0 Å². The van der Waals surface area contributed by atoms with Crippen LogP contribution in [-0.4, -0.2) is 20.9 Å². The van der Waals surface area contributed by atoms with Crippen LogP contribution in [0.4, 0.5) is 5.69 Å². The molecule has 162 valence electrons. The topological polar surface area (TPSA) is 84.5 Å². The number of benzene rings is 3. The summed E-state index contributed by atoms with van der Waals surface area (Å²) in [5.74, 6) is 0.195. The van der Waals surface area contributed by atoms with Gasteiger partial charge in [-0.15, -0.1) is 0 Å². The molecule has 7 heteroatoms. The largest absolute Gasteiger partial charge is 0.492 e. The summed E-state index contributed by atoms with van der Waals surface area (Å²) in [5, 5.41) is 2.72. The van der Waals surface area contributed by atoms with Gasteiger partial charge in [-0.05, 0) is 36.2 Å². The van der Waals surface area contributed by atoms with Gasteiger partial charge in [0.2, 0.25) is 15.9 Å². The van der Waals surface area contributed by atoms with Crippen molar-refractivity contribution in [2.45, 2.75) is 31.2 Å². The maximum atomic E-state index is 13.3. The number of anilines is 1. The van der Waals surface area contributed by atoms with Gasteiger partial charge in [-0.2, -0.15) is 4.72 Å². The highest BCUT2D eigenvalue weighted by atomic mass is 32.2. The van der Waals surface area contributed by atoms with Crippen LogP contribution >= 0.6 is 0 Å². The molecule has 2 N–H and O–H groups in total. The number of rotatable bonds is 9. The highest BCUT2D eigenvalue weighted by molar-refractivity contribution is 7.89. The first-order chi connectivity index (χ1) is 14.9. The van der Waals surface area contributed by atoms with Crippen molar-refractivity contribution in [1.29, 1.82) is 0 Å². The van der Waals surface area contributed by atoms with E-state index in [-0.39, 0.29) is 17.2 Å². The average Bonchev–Trinajstić information content (AvgIpc) is 2.79. The molecule has 6 nitrogen and oxygen atoms in total. The number of carbonyl (C=O) groups excluding carboxylic acids is 1. The van der Waals surface area contributed by atoms with Gasteiger partial charge in [0.1, 0.15) is 5.75 Å². The van der Waals surface area contributed by atoms with Crippen molar-refractivity contribution < 1.29 is 17.9 Å². The molecule has 3 aromatic carbocycles. The standard InChI is InChI=1S/C24H26N2O4S/c1-3-23(27)25-21-17-20(15-16-22(21)30-4-2)31(28,29)26-24(18-11-7-5-8-12-18)19-13-9-6-10-14-19/h5-17,24,26H,3-4H2,1-2H3,(H,25,27). The Morgan fingerprint density at radius 2 is 1.48 bits per heavy atom. The molecular weight excluding hydrogens is 412 g/mol. The molecule has 0 atom stereocenters. The van der Waals surface area contributed by atoms with E-state index in [4.69, 9.17) is 4.74 Å². The maximum absolute atomic E-state index is 13.3. The molecule has 3 rings (SSSR count). The van der Waals surface area contributed by atoms with Crippen LogP contribution < -0.4 is 14.8 Å². The van der Waals surface area contributed by atoms with E-state index < -0.39 is 16.1 Å². The molecule has 1 amide bonds. The van der Waals surface area contributed by atoms with Gasteiger partial charge in [-0.25, -0.2) is 8.42 Å². The van der Waals surface area contributed by atoms with Gasteiger partial charge in [0.15, 0.2) is 0 Å². The lowest BCUT2D eigenvalue weighted by Crippen LogP contribution is -2.29. The molecule has 0 aliphatic carbocycles. The van der Waals surface area contributed by atoms with E-state index in [1.165, 1.54) is 12.1 Å². The van der Waals surface area contributed by atoms with Crippen LogP contribution in [0.25, 0.3) is 0 Å². The van der Waals surface area contributed by atoms with E-state index in [1.54, 1.807) is 13.0 Å². The summed E-state index contributed by atoms with van der Waals surface area (Å²) in [6.07, 6.45) is 0.269. The van der Waals surface area contributed by atoms with Crippen molar-refractivity contribution in [2.24, 2.45) is 0 Å². The number of nitrogens with one attached hydrogen (secondary N) is 2. The molecule has 0 aromatic heterocycles. The van der Waals surface area contributed by atoms with Crippen LogP contribution in [0.1, 0.15) is 37.4 Å². The Kier molecular flexibility index (Phi) is 7.44. The first-order valence-corrected chi connectivity index (χ1v) is 11.6. The lowest BCUT2D eigenvalue weighted by Gasteiger charge is -2.20. The van der Waals surface area contributed by atoms with Gasteiger partial charge >= 0.3 is 0 Å². The third kappa shape index (κ3) is 5.71. The minimum Gasteiger partial charge on any atom is -0.492 e. The summed E-state index contributed by atoms with van der Waals surface area (Å²) in [6.45, 7) is 3.94. The summed E-state index contributed by atoms with van der Waals surface area (Å²) >= 11 is 0. The molecule has 0 spiro atoms. The van der Waals surface area contributed by atoms with Crippen molar-refractivity contribution in [3.05, 3.63) is 90.0 Å². The van der Waals surface area contributed by atoms with Crippen LogP contribution in [0.5, 0.6) is 5.75 Å². The molecule has 0 heterocycles. The second kappa shape index (κ2) is 10.2. The van der Waals surface area contributed by atoms with Crippen molar-refractivity contribution in [3.8, 4) is 5.75 Å². The normalized spacial score (nSPS) is 11.3. The van der Waals surface area contributed by atoms with Crippen molar-refractivity contribution in [2.75, 3.05) is 11.9 Å². The van der Waals surface area contributed by atoms with Crippen LogP contribution in [0.3, 0.4) is 0 Å². The van der Waals surface area contributed by atoms with Crippen molar-refractivity contribution in [3.63, 3.8) is 0 Å². The molecule has 0 unspecified atom stereocenters. The summed E-state index contributed by atoms with van der Waals surface area (Å²) < 4.78 is 34.9. The van der Waals surface area contributed by atoms with Gasteiger partial charge in [0.05, 0.1) is 23.2 Å². The van der Waals surface area contributed by atoms with Gasteiger partial charge in [0, 0.05) is 6.42 Å². The predicted octanol–water partition coefficient (Wildman–Crippen LogP) is 4.50. The van der Waals surface area contributed by atoms with Crippen LogP contribution in [-0.2, 0) is 14.8 Å². The van der Waals surface area contributed by atoms with Crippen molar-refractivity contribution >= 4 is 21.6 Å². The summed E-state index contributed by atoms with van der Waals surface area (Å²) in [7, 11) is -3.91. The highest BCUT2D eigenvalue weighted by Gasteiger charge is 2.24. The third-order valence-electron chi connectivity index (χ3n) is 4.70. The maximum Gasteiger partial charge on any atom is 0.241 e. The number of hydrogen-bond donors (Lipinski definition) is 2. The smallest absolute Gasteiger partial charge is 0.241 e. The van der Waals surface area contributed by atoms with E-state index in [9.17, 15) is 13.2 Å². The number of hydrogen-bond acceptors (Lipinski definition) is 4. The number of sulfonamides is 1. The Bertz CT molecular complexity index is 1080. The Morgan fingerprint density at radius 1 is 0.903 bits per heavy atom. The molecule has 0 saturated heterocycles. The Morgan fingerprint density at radius 3 is 2.00 bits per heavy atom. The zero-order chi connectivity index (χ0) is 22.3. The number of ether oxygens (including phenoxy) is 1. The van der Waals surface area contributed by atoms with Gasteiger partial charge in [-0.1, -0.05) is 67.6 Å². The molecule has 0 aliphatic rings. The van der Waals surface area contributed by atoms with Gasteiger partial charge in [-0.3, -0.25) is 4.79 Å². The van der Waals surface area contributed by atoms with Gasteiger partial charge in [0.25, 0.3) is 0 Å². The lowest BCUT2D eigenvalue weighted by molar-refractivity contribution is -0.115. The fourth-order valence-electron chi connectivity index (χ4n) is 3.14. The quantitative estimate of drug-likeness (QED) is 0.515. The van der Waals surface area contributed by atoms with E-state index in [2.05, 4.69) is 10.0 Å². The molecule has 31 heavy (non-hydrogen) atoms. The molecular formula is C24H26N2O4S. The zero-order valence-corrected chi connectivity index (χ0v) is 18.4. The summed E-state index contributed by atoms with van der Waals surface area (Å²) in [5.41, 5.74) is 1.97. The zero-order valence-electron chi connectivity index (χ0n) is 17.5. The average molecular weight is 439 g/mol. The van der Waals surface area contributed by atoms with Gasteiger partial charge < -0.3 is 10.1 Å². The molecule has 0 saturated carbocycles. The first kappa shape index (κ1) is 22.5. The molecule has 0 bridgehead atoms. The second-order valence-corrected chi connectivity index (χ2v) is 8.58. The molecule has 0 radical (unpaired) electrons. The number of amides is 1. The van der Waals surface area contributed by atoms with Crippen LogP contribution in [0, 0.1) is 0 Å². The fourth-order valence-corrected chi connectivity index (χ4v) is 4.38. The molecule has 3 aromatic rings. The number of carbonyl (C=O) groups is 1. The van der Waals surface area contributed by atoms with E-state index in [0.29, 0.717) is 18.0 Å². The monoisotopic (exact) mass is 438 g/mol. The minimum absolute atomic E-state index is 0.0409. The SMILES string of the molecule is CCOc1ccc(S(=O)(=O)NC(c2ccccc2)c2ccccc2)cc1NC(=O)CC. The van der Waals surface area contributed by atoms with Crippen LogP contribution in [0.2, 0.25) is 0 Å². The first-order valence-electron chi connectivity index (χ1n) is 10.1.